The molecule has 148 valence electrons. The summed E-state index contributed by atoms with van der Waals surface area (Å²) in [6.07, 6.45) is 0. The number of nitrogens with one attached hydrogen (secondary N) is 1. The molecule has 1 N–H and O–H groups in total. The lowest BCUT2D eigenvalue weighted by Crippen LogP contribution is -3.00. The average molecular weight is 425 g/mol. The lowest BCUT2D eigenvalue weighted by atomic mass is 10.1. The zero-order valence-corrected chi connectivity index (χ0v) is 17.4. The van der Waals surface area contributed by atoms with Crippen LogP contribution in [0.4, 0.5) is 5.69 Å². The van der Waals surface area contributed by atoms with Gasteiger partial charge in [-0.2, -0.15) is 0 Å². The van der Waals surface area contributed by atoms with Crippen LogP contribution in [0.3, 0.4) is 0 Å². The molecule has 0 spiro atoms. The number of nitrogens with zero attached hydrogens (tertiary/aromatic N) is 3. The number of piperazine rings is 3. The van der Waals surface area contributed by atoms with Crippen molar-refractivity contribution < 1.29 is 30.1 Å². The van der Waals surface area contributed by atoms with Gasteiger partial charge in [0.1, 0.15) is 0 Å². The Bertz CT molecular complexity index is 721. The summed E-state index contributed by atoms with van der Waals surface area (Å²) in [7, 11) is -0.515. The van der Waals surface area contributed by atoms with Gasteiger partial charge < -0.3 is 22.2 Å². The summed E-state index contributed by atoms with van der Waals surface area (Å²) in [6, 6.07) is 6.43. The van der Waals surface area contributed by atoms with E-state index in [-0.39, 0.29) is 35.6 Å². The number of fused-ring (bicyclic) bond motifs is 3. The van der Waals surface area contributed by atoms with Crippen molar-refractivity contribution in [2.45, 2.75) is 4.90 Å². The minimum absolute atomic E-state index is 0. The molecule has 1 aromatic carbocycles. The molecule has 3 fully saturated rings. The molecule has 0 atom stereocenters. The standard InChI is InChI=1S/C16H24N4O3S.2ClH/c1-18(2)24(22,23)15-5-3-4-14(12-15)17-16(21)13-20-9-6-19(7-10-20)8-11-20;;/h3-5,12H,6-11,13H2,1-2H3;2*1H. The summed E-state index contributed by atoms with van der Waals surface area (Å²) in [4.78, 5) is 15.1. The maximum Gasteiger partial charge on any atom is 0.279 e. The molecule has 2 bridgehead atoms. The lowest BCUT2D eigenvalue weighted by Gasteiger charge is -2.50. The fraction of sp³-hybridized carbons (Fsp3) is 0.562. The minimum atomic E-state index is -3.50. The van der Waals surface area contributed by atoms with E-state index >= 15 is 0 Å². The van der Waals surface area contributed by atoms with Gasteiger partial charge in [-0.3, -0.25) is 9.69 Å². The summed E-state index contributed by atoms with van der Waals surface area (Å²) in [5.41, 5.74) is 0.525. The highest BCUT2D eigenvalue weighted by Crippen LogP contribution is 2.21. The number of halogens is 2. The van der Waals surface area contributed by atoms with Crippen LogP contribution in [0.2, 0.25) is 0 Å². The number of sulfonamides is 1. The topological polar surface area (TPSA) is 69.7 Å². The van der Waals surface area contributed by atoms with E-state index in [1.165, 1.54) is 30.5 Å². The highest BCUT2D eigenvalue weighted by atomic mass is 35.5. The third kappa shape index (κ3) is 4.88. The Morgan fingerprint density at radius 2 is 1.77 bits per heavy atom. The van der Waals surface area contributed by atoms with E-state index in [0.717, 1.165) is 43.8 Å². The number of carbonyl (C=O) groups is 1. The molecule has 3 heterocycles. The maximum absolute atomic E-state index is 12.5. The first-order valence-corrected chi connectivity index (χ1v) is 9.65. The molecule has 1 amide bonds. The highest BCUT2D eigenvalue weighted by molar-refractivity contribution is 7.89. The summed E-state index contributed by atoms with van der Waals surface area (Å²) >= 11 is 0. The van der Waals surface area contributed by atoms with E-state index in [9.17, 15) is 13.2 Å². The molecular weight excluding hydrogens is 399 g/mol. The van der Waals surface area contributed by atoms with Gasteiger partial charge in [0.2, 0.25) is 10.0 Å². The van der Waals surface area contributed by atoms with Crippen LogP contribution < -0.4 is 17.7 Å². The van der Waals surface area contributed by atoms with Crippen LogP contribution in [0.5, 0.6) is 0 Å². The molecular formula is C16H26Cl2N4O3S. The number of hydrogen-bond donors (Lipinski definition) is 1. The second-order valence-electron chi connectivity index (χ2n) is 6.88. The number of benzene rings is 1. The van der Waals surface area contributed by atoms with Gasteiger partial charge in [-0.25, -0.2) is 12.7 Å². The quantitative estimate of drug-likeness (QED) is 0.528. The van der Waals surface area contributed by atoms with Crippen LogP contribution in [-0.2, 0) is 14.8 Å². The number of rotatable bonds is 5. The zero-order chi connectivity index (χ0) is 17.4. The van der Waals surface area contributed by atoms with Crippen molar-refractivity contribution in [3.8, 4) is 0 Å². The number of hydrogen-bond acceptors (Lipinski definition) is 4. The Kier molecular flexibility index (Phi) is 7.88. The summed E-state index contributed by atoms with van der Waals surface area (Å²) in [5.74, 6) is -0.0512. The average Bonchev–Trinajstić information content (AvgIpc) is 2.56. The van der Waals surface area contributed by atoms with E-state index < -0.39 is 10.0 Å². The van der Waals surface area contributed by atoms with Gasteiger partial charge >= 0.3 is 0 Å². The number of amides is 1. The van der Waals surface area contributed by atoms with Crippen LogP contribution in [0, 0.1) is 0 Å². The van der Waals surface area contributed by atoms with E-state index in [2.05, 4.69) is 10.2 Å². The molecule has 0 radical (unpaired) electrons. The summed E-state index contributed by atoms with van der Waals surface area (Å²) in [5, 5.41) is 2.87. The molecule has 0 saturated carbocycles. The zero-order valence-electron chi connectivity index (χ0n) is 15.0. The molecule has 4 rings (SSSR count). The van der Waals surface area contributed by atoms with Gasteiger partial charge in [0, 0.05) is 39.4 Å². The van der Waals surface area contributed by atoms with Crippen molar-refractivity contribution in [3.63, 3.8) is 0 Å². The molecule has 3 aliphatic rings. The molecule has 3 saturated heterocycles. The van der Waals surface area contributed by atoms with Crippen molar-refractivity contribution in [3.05, 3.63) is 24.3 Å². The van der Waals surface area contributed by atoms with Crippen LogP contribution in [0.25, 0.3) is 0 Å². The van der Waals surface area contributed by atoms with Gasteiger partial charge in [-0.15, -0.1) is 12.4 Å². The molecule has 1 aromatic rings. The Labute approximate surface area is 167 Å². The van der Waals surface area contributed by atoms with Gasteiger partial charge in [0.15, 0.2) is 6.54 Å². The lowest BCUT2D eigenvalue weighted by molar-refractivity contribution is -0.933. The minimum Gasteiger partial charge on any atom is -1.00 e. The largest absolute Gasteiger partial charge is 1.00 e. The summed E-state index contributed by atoms with van der Waals surface area (Å²) in [6.45, 7) is 6.68. The fourth-order valence-electron chi connectivity index (χ4n) is 3.42. The van der Waals surface area contributed by atoms with Gasteiger partial charge in [-0.05, 0) is 18.2 Å². The molecule has 0 aliphatic carbocycles. The molecule has 26 heavy (non-hydrogen) atoms. The normalized spacial score (nSPS) is 24.5. The molecule has 7 nitrogen and oxygen atoms in total. The second-order valence-corrected chi connectivity index (χ2v) is 9.03. The van der Waals surface area contributed by atoms with Crippen LogP contribution >= 0.6 is 12.4 Å². The molecule has 3 aliphatic heterocycles. The third-order valence-electron chi connectivity index (χ3n) is 5.05. The first-order valence-electron chi connectivity index (χ1n) is 8.21. The van der Waals surface area contributed by atoms with E-state index in [1.807, 2.05) is 0 Å². The smallest absolute Gasteiger partial charge is 0.279 e. The highest BCUT2D eigenvalue weighted by Gasteiger charge is 2.39. The van der Waals surface area contributed by atoms with Gasteiger partial charge in [0.05, 0.1) is 24.5 Å². The van der Waals surface area contributed by atoms with E-state index in [4.69, 9.17) is 0 Å². The number of carbonyl (C=O) groups excluding carboxylic acids is 1. The molecule has 10 heteroatoms. The van der Waals surface area contributed by atoms with Crippen LogP contribution in [0.15, 0.2) is 29.2 Å². The van der Waals surface area contributed by atoms with Gasteiger partial charge in [0.25, 0.3) is 5.91 Å². The van der Waals surface area contributed by atoms with E-state index in [1.54, 1.807) is 12.1 Å². The fourth-order valence-corrected chi connectivity index (χ4v) is 4.37. The monoisotopic (exact) mass is 424 g/mol. The second kappa shape index (κ2) is 8.86. The molecule has 0 aromatic heterocycles. The van der Waals surface area contributed by atoms with Crippen molar-refractivity contribution in [2.24, 2.45) is 0 Å². The third-order valence-corrected chi connectivity index (χ3v) is 6.86. The van der Waals surface area contributed by atoms with Crippen molar-refractivity contribution >= 4 is 34.0 Å². The Morgan fingerprint density at radius 3 is 2.31 bits per heavy atom. The SMILES string of the molecule is CN(C)S(=O)(=O)c1cccc(NC(=O)C[N+]23CCN(CC2)CC3)c1.Cl.[Cl-]. The van der Waals surface area contributed by atoms with Crippen molar-refractivity contribution in [2.75, 3.05) is 65.2 Å². The maximum atomic E-state index is 12.5. The van der Waals surface area contributed by atoms with E-state index in [0.29, 0.717) is 12.2 Å². The number of anilines is 1. The van der Waals surface area contributed by atoms with Crippen molar-refractivity contribution in [1.82, 2.24) is 9.21 Å². The van der Waals surface area contributed by atoms with Crippen LogP contribution in [0.1, 0.15) is 0 Å². The van der Waals surface area contributed by atoms with Crippen LogP contribution in [-0.4, -0.2) is 87.9 Å². The Morgan fingerprint density at radius 1 is 1.19 bits per heavy atom. The van der Waals surface area contributed by atoms with Gasteiger partial charge in [-0.1, -0.05) is 6.07 Å². The first-order chi connectivity index (χ1) is 11.3. The summed E-state index contributed by atoms with van der Waals surface area (Å²) < 4.78 is 26.4. The Balaban J connectivity index is 0.00000169. The predicted octanol–water partition coefficient (Wildman–Crippen LogP) is -2.55. The Hall–Kier alpha value is -0.900. The first kappa shape index (κ1) is 23.1. The molecule has 0 unspecified atom stereocenters. The number of quaternary nitrogens is 1. The van der Waals surface area contributed by atoms with Crippen molar-refractivity contribution in [1.29, 1.82) is 0 Å². The predicted molar refractivity (Wildman–Crippen MR) is 99.4 cm³/mol.